The zero-order valence-corrected chi connectivity index (χ0v) is 10.7. The minimum Gasteiger partial charge on any atom is -0.480 e. The van der Waals surface area contributed by atoms with Crippen LogP contribution in [0.25, 0.3) is 0 Å². The fourth-order valence-electron chi connectivity index (χ4n) is 1.06. The third kappa shape index (κ3) is 9.62. The van der Waals surface area contributed by atoms with Gasteiger partial charge in [-0.15, -0.1) is 0 Å². The molecule has 0 aromatic carbocycles. The third-order valence-electron chi connectivity index (χ3n) is 2.03. The predicted molar refractivity (Wildman–Crippen MR) is 64.0 cm³/mol. The first-order valence-corrected chi connectivity index (χ1v) is 5.82. The Labute approximate surface area is 102 Å². The Balaban J connectivity index is 3.43. The number of carboxylic acids is 1. The molecular formula is C11H22N2O4. The van der Waals surface area contributed by atoms with E-state index in [2.05, 4.69) is 10.6 Å². The molecule has 0 bridgehead atoms. The Morgan fingerprint density at radius 1 is 1.24 bits per heavy atom. The molecule has 0 aliphatic rings. The molecule has 0 heterocycles. The molecule has 17 heavy (non-hydrogen) atoms. The smallest absolute Gasteiger partial charge is 0.325 e. The van der Waals surface area contributed by atoms with Crippen LogP contribution < -0.4 is 10.6 Å². The summed E-state index contributed by atoms with van der Waals surface area (Å²) in [6, 6.07) is -1.33. The lowest BCUT2D eigenvalue weighted by Crippen LogP contribution is -2.44. The highest BCUT2D eigenvalue weighted by atomic mass is 16.5. The van der Waals surface area contributed by atoms with Gasteiger partial charge in [0.1, 0.15) is 6.04 Å². The maximum Gasteiger partial charge on any atom is 0.325 e. The summed E-state index contributed by atoms with van der Waals surface area (Å²) in [6.45, 7) is 6.54. The zero-order chi connectivity index (χ0) is 13.3. The summed E-state index contributed by atoms with van der Waals surface area (Å²) in [5.41, 5.74) is 0. The van der Waals surface area contributed by atoms with Crippen LogP contribution in [0.15, 0.2) is 0 Å². The highest BCUT2D eigenvalue weighted by Gasteiger charge is 2.12. The Kier molecular flexibility index (Phi) is 8.13. The van der Waals surface area contributed by atoms with E-state index in [-0.39, 0.29) is 6.10 Å². The number of unbranched alkanes of at least 4 members (excludes halogenated alkanes) is 1. The second-order valence-corrected chi connectivity index (χ2v) is 4.09. The molecule has 0 saturated heterocycles. The summed E-state index contributed by atoms with van der Waals surface area (Å²) in [5, 5.41) is 13.5. The molecule has 0 aromatic heterocycles. The van der Waals surface area contributed by atoms with Crippen LogP contribution in [-0.2, 0) is 9.53 Å². The van der Waals surface area contributed by atoms with Crippen LogP contribution in [-0.4, -0.2) is 42.4 Å². The molecular weight excluding hydrogens is 224 g/mol. The molecule has 0 fully saturated rings. The van der Waals surface area contributed by atoms with Crippen molar-refractivity contribution in [3.63, 3.8) is 0 Å². The van der Waals surface area contributed by atoms with E-state index in [1.807, 2.05) is 13.8 Å². The maximum absolute atomic E-state index is 11.2. The summed E-state index contributed by atoms with van der Waals surface area (Å²) < 4.78 is 5.34. The van der Waals surface area contributed by atoms with Crippen molar-refractivity contribution < 1.29 is 19.4 Å². The molecule has 0 rings (SSSR count). The number of urea groups is 1. The van der Waals surface area contributed by atoms with Gasteiger partial charge in [-0.3, -0.25) is 4.79 Å². The van der Waals surface area contributed by atoms with E-state index in [0.717, 1.165) is 12.8 Å². The number of hydrogen-bond donors (Lipinski definition) is 3. The standard InChI is InChI=1S/C11H22N2O4/c1-8(2)17-7-5-4-6-12-11(16)13-9(3)10(14)15/h8-9H,4-7H2,1-3H3,(H,14,15)(H2,12,13,16)/t9-/m0/s1. The fourth-order valence-corrected chi connectivity index (χ4v) is 1.06. The first-order valence-electron chi connectivity index (χ1n) is 5.82. The molecule has 0 radical (unpaired) electrons. The Hall–Kier alpha value is -1.30. The molecule has 6 nitrogen and oxygen atoms in total. The van der Waals surface area contributed by atoms with Gasteiger partial charge in [0.25, 0.3) is 0 Å². The summed E-state index contributed by atoms with van der Waals surface area (Å²) >= 11 is 0. The van der Waals surface area contributed by atoms with Crippen LogP contribution in [0.5, 0.6) is 0 Å². The average Bonchev–Trinajstić information content (AvgIpc) is 2.22. The van der Waals surface area contributed by atoms with Crippen LogP contribution in [0.4, 0.5) is 4.79 Å². The molecule has 3 N–H and O–H groups in total. The highest BCUT2D eigenvalue weighted by Crippen LogP contribution is 1.93. The van der Waals surface area contributed by atoms with Gasteiger partial charge in [-0.05, 0) is 33.6 Å². The summed E-state index contributed by atoms with van der Waals surface area (Å²) in [7, 11) is 0. The van der Waals surface area contributed by atoms with Crippen molar-refractivity contribution in [2.75, 3.05) is 13.2 Å². The SMILES string of the molecule is CC(C)OCCCCNC(=O)N[C@@H](C)C(=O)O. The highest BCUT2D eigenvalue weighted by molar-refractivity contribution is 5.82. The predicted octanol–water partition coefficient (Wildman–Crippen LogP) is 0.964. The Morgan fingerprint density at radius 3 is 2.41 bits per heavy atom. The van der Waals surface area contributed by atoms with Crippen molar-refractivity contribution >= 4 is 12.0 Å². The van der Waals surface area contributed by atoms with Crippen LogP contribution in [0.1, 0.15) is 33.6 Å². The zero-order valence-electron chi connectivity index (χ0n) is 10.7. The molecule has 1 atom stereocenters. The van der Waals surface area contributed by atoms with Crippen molar-refractivity contribution in [3.8, 4) is 0 Å². The van der Waals surface area contributed by atoms with Gasteiger partial charge in [-0.25, -0.2) is 4.79 Å². The van der Waals surface area contributed by atoms with Gasteiger partial charge in [0.2, 0.25) is 0 Å². The van der Waals surface area contributed by atoms with E-state index in [9.17, 15) is 9.59 Å². The lowest BCUT2D eigenvalue weighted by molar-refractivity contribution is -0.138. The minimum absolute atomic E-state index is 0.225. The van der Waals surface area contributed by atoms with E-state index < -0.39 is 18.0 Å². The second kappa shape index (κ2) is 8.81. The summed E-state index contributed by atoms with van der Waals surface area (Å²) in [4.78, 5) is 21.6. The van der Waals surface area contributed by atoms with E-state index in [1.54, 1.807) is 0 Å². The molecule has 100 valence electrons. The number of nitrogens with one attached hydrogen (secondary N) is 2. The van der Waals surface area contributed by atoms with Gasteiger partial charge < -0.3 is 20.5 Å². The van der Waals surface area contributed by atoms with Crippen LogP contribution in [0, 0.1) is 0 Å². The number of hydrogen-bond acceptors (Lipinski definition) is 3. The van der Waals surface area contributed by atoms with Gasteiger partial charge >= 0.3 is 12.0 Å². The van der Waals surface area contributed by atoms with Crippen molar-refractivity contribution in [2.24, 2.45) is 0 Å². The van der Waals surface area contributed by atoms with E-state index in [4.69, 9.17) is 9.84 Å². The molecule has 0 spiro atoms. The van der Waals surface area contributed by atoms with Gasteiger partial charge in [0.05, 0.1) is 6.10 Å². The van der Waals surface area contributed by atoms with Crippen molar-refractivity contribution in [1.82, 2.24) is 10.6 Å². The summed E-state index contributed by atoms with van der Waals surface area (Å²) in [5.74, 6) is -1.05. The molecule has 0 aliphatic carbocycles. The quantitative estimate of drug-likeness (QED) is 0.557. The first kappa shape index (κ1) is 15.7. The largest absolute Gasteiger partial charge is 0.480 e. The monoisotopic (exact) mass is 246 g/mol. The van der Waals surface area contributed by atoms with Gasteiger partial charge in [-0.1, -0.05) is 0 Å². The van der Waals surface area contributed by atoms with Crippen LogP contribution in [0.3, 0.4) is 0 Å². The first-order chi connectivity index (χ1) is 7.93. The molecule has 6 heteroatoms. The number of carbonyl (C=O) groups excluding carboxylic acids is 1. The molecule has 0 aliphatic heterocycles. The second-order valence-electron chi connectivity index (χ2n) is 4.09. The number of rotatable bonds is 8. The van der Waals surface area contributed by atoms with Crippen molar-refractivity contribution in [1.29, 1.82) is 0 Å². The minimum atomic E-state index is -1.05. The number of carbonyl (C=O) groups is 2. The topological polar surface area (TPSA) is 87.7 Å². The van der Waals surface area contributed by atoms with Crippen LogP contribution >= 0.6 is 0 Å². The number of amides is 2. The van der Waals surface area contributed by atoms with Crippen molar-refractivity contribution in [3.05, 3.63) is 0 Å². The lowest BCUT2D eigenvalue weighted by Gasteiger charge is -2.11. The molecule has 0 saturated carbocycles. The Morgan fingerprint density at radius 2 is 1.88 bits per heavy atom. The van der Waals surface area contributed by atoms with Crippen molar-refractivity contribution in [2.45, 2.75) is 45.8 Å². The maximum atomic E-state index is 11.2. The molecule has 0 aromatic rings. The third-order valence-corrected chi connectivity index (χ3v) is 2.03. The lowest BCUT2D eigenvalue weighted by atomic mass is 10.3. The fraction of sp³-hybridized carbons (Fsp3) is 0.818. The van der Waals surface area contributed by atoms with Crippen LogP contribution in [0.2, 0.25) is 0 Å². The normalized spacial score (nSPS) is 12.2. The van der Waals surface area contributed by atoms with E-state index in [1.165, 1.54) is 6.92 Å². The molecule has 0 unspecified atom stereocenters. The van der Waals surface area contributed by atoms with Gasteiger partial charge in [0, 0.05) is 13.2 Å². The average molecular weight is 246 g/mol. The molecule has 2 amide bonds. The summed E-state index contributed by atoms with van der Waals surface area (Å²) in [6.07, 6.45) is 1.90. The Bertz CT molecular complexity index is 244. The number of carboxylic acid groups (broad SMARTS) is 1. The van der Waals surface area contributed by atoms with Gasteiger partial charge in [0.15, 0.2) is 0 Å². The van der Waals surface area contributed by atoms with E-state index >= 15 is 0 Å². The number of aliphatic carboxylic acids is 1. The van der Waals surface area contributed by atoms with Gasteiger partial charge in [-0.2, -0.15) is 0 Å². The van der Waals surface area contributed by atoms with E-state index in [0.29, 0.717) is 13.2 Å². The number of ether oxygens (including phenoxy) is 1.